The quantitative estimate of drug-likeness (QED) is 0.439. The maximum atomic E-state index is 4.67. The van der Waals surface area contributed by atoms with Crippen LogP contribution in [-0.4, -0.2) is 24.1 Å². The second kappa shape index (κ2) is 7.43. The molecule has 0 atom stereocenters. The molecule has 0 aliphatic carbocycles. The summed E-state index contributed by atoms with van der Waals surface area (Å²) in [5, 5.41) is 9.84. The van der Waals surface area contributed by atoms with E-state index in [0.29, 0.717) is 0 Å². The van der Waals surface area contributed by atoms with Gasteiger partial charge in [-0.25, -0.2) is 4.98 Å². The highest BCUT2D eigenvalue weighted by atomic mass is 32.2. The van der Waals surface area contributed by atoms with E-state index in [1.54, 1.807) is 11.8 Å². The van der Waals surface area contributed by atoms with E-state index in [1.807, 2.05) is 28.8 Å². The van der Waals surface area contributed by atoms with Crippen LogP contribution in [0.2, 0.25) is 0 Å². The highest BCUT2D eigenvalue weighted by molar-refractivity contribution is 7.98. The van der Waals surface area contributed by atoms with Crippen LogP contribution in [0.4, 0.5) is 0 Å². The van der Waals surface area contributed by atoms with E-state index in [1.165, 1.54) is 5.56 Å². The monoisotopic (exact) mass is 391 g/mol. The zero-order valence-corrected chi connectivity index (χ0v) is 17.6. The largest absolute Gasteiger partial charge is 0.307 e. The van der Waals surface area contributed by atoms with Gasteiger partial charge in [-0.2, -0.15) is 0 Å². The fraction of sp³-hybridized carbons (Fsp3) is 0.318. The van der Waals surface area contributed by atoms with Crippen molar-refractivity contribution in [3.05, 3.63) is 66.1 Å². The Balaban J connectivity index is 1.55. The molecule has 0 radical (unpaired) electrons. The summed E-state index contributed by atoms with van der Waals surface area (Å²) in [6.07, 6.45) is 4.09. The van der Waals surface area contributed by atoms with Gasteiger partial charge in [-0.15, -0.1) is 10.2 Å². The minimum atomic E-state index is 0.145. The van der Waals surface area contributed by atoms with Crippen LogP contribution in [0.5, 0.6) is 0 Å². The Morgan fingerprint density at radius 2 is 1.79 bits per heavy atom. The van der Waals surface area contributed by atoms with Crippen molar-refractivity contribution in [2.24, 2.45) is 0 Å². The zero-order valence-electron chi connectivity index (χ0n) is 16.8. The number of pyridine rings is 1. The Labute approximate surface area is 169 Å². The normalized spacial score (nSPS) is 12.0. The van der Waals surface area contributed by atoms with Crippen molar-refractivity contribution in [1.82, 2.24) is 24.1 Å². The number of hydrogen-bond acceptors (Lipinski definition) is 4. The summed E-state index contributed by atoms with van der Waals surface area (Å²) in [6, 6.07) is 14.7. The second-order valence-electron chi connectivity index (χ2n) is 7.86. The number of thioether (sulfide) groups is 1. The summed E-state index contributed by atoms with van der Waals surface area (Å²) in [5.74, 6) is 1.68. The molecule has 0 amide bonds. The van der Waals surface area contributed by atoms with Crippen molar-refractivity contribution in [3.63, 3.8) is 0 Å². The zero-order chi connectivity index (χ0) is 19.7. The molecule has 4 rings (SSSR count). The minimum absolute atomic E-state index is 0.145. The van der Waals surface area contributed by atoms with Gasteiger partial charge in [-0.1, -0.05) is 62.9 Å². The van der Waals surface area contributed by atoms with Crippen molar-refractivity contribution >= 4 is 17.4 Å². The topological polar surface area (TPSA) is 48.0 Å². The average molecular weight is 392 g/mol. The number of hydrogen-bond donors (Lipinski definition) is 0. The Hall–Kier alpha value is -2.60. The van der Waals surface area contributed by atoms with Crippen LogP contribution < -0.4 is 0 Å². The van der Waals surface area contributed by atoms with E-state index < -0.39 is 0 Å². The van der Waals surface area contributed by atoms with Crippen molar-refractivity contribution in [2.45, 2.75) is 50.6 Å². The van der Waals surface area contributed by atoms with E-state index in [-0.39, 0.29) is 5.41 Å². The molecule has 3 heterocycles. The molecule has 1 aromatic carbocycles. The second-order valence-corrected chi connectivity index (χ2v) is 8.81. The van der Waals surface area contributed by atoms with E-state index in [0.717, 1.165) is 40.2 Å². The number of benzene rings is 1. The molecule has 5 nitrogen and oxygen atoms in total. The molecule has 6 heteroatoms. The molecule has 0 N–H and O–H groups in total. The van der Waals surface area contributed by atoms with Crippen LogP contribution >= 0.6 is 11.8 Å². The standard InChI is InChI=1S/C22H25N5S/c1-5-27-20(16-9-11-17(12-10-16)22(2,3)4)24-25-21(27)28-15-18-14-26-13-7-6-8-19(26)23-18/h6-14H,5,15H2,1-4H3. The smallest absolute Gasteiger partial charge is 0.191 e. The summed E-state index contributed by atoms with van der Waals surface area (Å²) in [5.41, 5.74) is 4.57. The van der Waals surface area contributed by atoms with Gasteiger partial charge in [0.1, 0.15) is 5.65 Å². The molecule has 0 spiro atoms. The molecule has 0 aliphatic heterocycles. The highest BCUT2D eigenvalue weighted by Crippen LogP contribution is 2.28. The molecular weight excluding hydrogens is 366 g/mol. The Morgan fingerprint density at radius 1 is 1.00 bits per heavy atom. The third-order valence-electron chi connectivity index (χ3n) is 4.81. The third-order valence-corrected chi connectivity index (χ3v) is 5.81. The predicted octanol–water partition coefficient (Wildman–Crippen LogP) is 5.20. The molecule has 0 fully saturated rings. The van der Waals surface area contributed by atoms with Gasteiger partial charge in [0.2, 0.25) is 0 Å². The molecule has 4 aromatic rings. The van der Waals surface area contributed by atoms with Gasteiger partial charge in [0.25, 0.3) is 0 Å². The van der Waals surface area contributed by atoms with Crippen LogP contribution in [0.3, 0.4) is 0 Å². The molecular formula is C22H25N5S. The number of aromatic nitrogens is 5. The van der Waals surface area contributed by atoms with Gasteiger partial charge < -0.3 is 8.97 Å². The molecule has 28 heavy (non-hydrogen) atoms. The number of imidazole rings is 1. The molecule has 144 valence electrons. The van der Waals surface area contributed by atoms with Gasteiger partial charge in [0.05, 0.1) is 5.69 Å². The van der Waals surface area contributed by atoms with Crippen molar-refractivity contribution < 1.29 is 0 Å². The minimum Gasteiger partial charge on any atom is -0.307 e. The van der Waals surface area contributed by atoms with Crippen LogP contribution in [0.15, 0.2) is 60.0 Å². The van der Waals surface area contributed by atoms with Gasteiger partial charge >= 0.3 is 0 Å². The summed E-state index contributed by atoms with van der Waals surface area (Å²) >= 11 is 1.68. The van der Waals surface area contributed by atoms with Crippen molar-refractivity contribution in [2.75, 3.05) is 0 Å². The highest BCUT2D eigenvalue weighted by Gasteiger charge is 2.16. The lowest BCUT2D eigenvalue weighted by Gasteiger charge is -2.19. The first-order valence-corrected chi connectivity index (χ1v) is 10.5. The average Bonchev–Trinajstić information content (AvgIpc) is 3.28. The molecule has 3 aromatic heterocycles. The Morgan fingerprint density at radius 3 is 2.46 bits per heavy atom. The van der Waals surface area contributed by atoms with E-state index in [9.17, 15) is 0 Å². The Bertz CT molecular complexity index is 1050. The van der Waals surface area contributed by atoms with E-state index in [2.05, 4.69) is 77.9 Å². The van der Waals surface area contributed by atoms with E-state index in [4.69, 9.17) is 0 Å². The number of rotatable bonds is 5. The van der Waals surface area contributed by atoms with Gasteiger partial charge in [0, 0.05) is 30.3 Å². The van der Waals surface area contributed by atoms with Crippen molar-refractivity contribution in [3.8, 4) is 11.4 Å². The SMILES string of the molecule is CCn1c(SCc2cn3ccccc3n2)nnc1-c1ccc(C(C)(C)C)cc1. The van der Waals surface area contributed by atoms with Crippen molar-refractivity contribution in [1.29, 1.82) is 0 Å². The summed E-state index contributed by atoms with van der Waals surface area (Å²) in [6.45, 7) is 9.64. The molecule has 0 saturated carbocycles. The first kappa shape index (κ1) is 18.7. The predicted molar refractivity (Wildman–Crippen MR) is 115 cm³/mol. The van der Waals surface area contributed by atoms with Gasteiger partial charge in [-0.3, -0.25) is 0 Å². The number of nitrogens with zero attached hydrogens (tertiary/aromatic N) is 5. The summed E-state index contributed by atoms with van der Waals surface area (Å²) < 4.78 is 4.22. The third kappa shape index (κ3) is 3.69. The maximum Gasteiger partial charge on any atom is 0.191 e. The van der Waals surface area contributed by atoms with Crippen LogP contribution in [0.25, 0.3) is 17.0 Å². The number of fused-ring (bicyclic) bond motifs is 1. The van der Waals surface area contributed by atoms with E-state index >= 15 is 0 Å². The van der Waals surface area contributed by atoms with Crippen LogP contribution in [0, 0.1) is 0 Å². The molecule has 0 bridgehead atoms. The van der Waals surface area contributed by atoms with Crippen LogP contribution in [0.1, 0.15) is 39.0 Å². The molecule has 0 unspecified atom stereocenters. The lowest BCUT2D eigenvalue weighted by atomic mass is 9.87. The first-order chi connectivity index (χ1) is 13.5. The Kier molecular flexibility index (Phi) is 4.98. The first-order valence-electron chi connectivity index (χ1n) is 9.55. The lowest BCUT2D eigenvalue weighted by Crippen LogP contribution is -2.10. The molecule has 0 saturated heterocycles. The lowest BCUT2D eigenvalue weighted by molar-refractivity contribution is 0.590. The fourth-order valence-electron chi connectivity index (χ4n) is 3.21. The molecule has 0 aliphatic rings. The summed E-state index contributed by atoms with van der Waals surface area (Å²) in [4.78, 5) is 4.67. The van der Waals surface area contributed by atoms with Crippen LogP contribution in [-0.2, 0) is 17.7 Å². The fourth-order valence-corrected chi connectivity index (χ4v) is 4.09. The van der Waals surface area contributed by atoms with Gasteiger partial charge in [0.15, 0.2) is 11.0 Å². The summed E-state index contributed by atoms with van der Waals surface area (Å²) in [7, 11) is 0. The maximum absolute atomic E-state index is 4.67. The van der Waals surface area contributed by atoms with Gasteiger partial charge in [-0.05, 0) is 30.0 Å².